The van der Waals surface area contributed by atoms with Gasteiger partial charge in [-0.25, -0.2) is 0 Å². The second-order valence-corrected chi connectivity index (χ2v) is 6.79. The minimum atomic E-state index is -0.105. The van der Waals surface area contributed by atoms with Gasteiger partial charge in [0.25, 0.3) is 5.91 Å². The van der Waals surface area contributed by atoms with Crippen molar-refractivity contribution in [2.45, 2.75) is 33.6 Å². The molecule has 0 atom stereocenters. The van der Waals surface area contributed by atoms with Gasteiger partial charge in [0.05, 0.1) is 6.61 Å². The number of aryl methyl sites for hydroxylation is 2. The minimum absolute atomic E-state index is 0.0839. The molecule has 0 radical (unpaired) electrons. The predicted octanol–water partition coefficient (Wildman–Crippen LogP) is 4.81. The molecule has 0 saturated carbocycles. The first-order chi connectivity index (χ1) is 13.4. The van der Waals surface area contributed by atoms with Gasteiger partial charge in [-0.05, 0) is 61.2 Å². The van der Waals surface area contributed by atoms with Gasteiger partial charge in [0.15, 0.2) is 5.78 Å². The summed E-state index contributed by atoms with van der Waals surface area (Å²) >= 11 is 0. The average Bonchev–Trinajstić information content (AvgIpc) is 2.72. The number of carbonyl (C=O) groups is 2. The Morgan fingerprint density at radius 3 is 2.14 bits per heavy atom. The van der Waals surface area contributed by atoms with Crippen LogP contribution in [0.1, 0.15) is 58.2 Å². The number of hydrogen-bond donors (Lipinski definition) is 0. The van der Waals surface area contributed by atoms with Gasteiger partial charge in [0.1, 0.15) is 5.75 Å². The SMILES string of the molecule is CCOc1c(C=CC(=O)c2ccc(C(=O)N(C)C)cc2)cc(CC)cc1CC. The zero-order valence-electron chi connectivity index (χ0n) is 17.4. The van der Waals surface area contributed by atoms with Gasteiger partial charge in [-0.3, -0.25) is 9.59 Å². The molecule has 4 nitrogen and oxygen atoms in total. The highest BCUT2D eigenvalue weighted by Crippen LogP contribution is 2.28. The molecule has 2 aromatic carbocycles. The van der Waals surface area contributed by atoms with E-state index < -0.39 is 0 Å². The molecule has 0 N–H and O–H groups in total. The summed E-state index contributed by atoms with van der Waals surface area (Å²) < 4.78 is 5.86. The number of rotatable bonds is 8. The number of hydrogen-bond acceptors (Lipinski definition) is 3. The average molecular weight is 380 g/mol. The standard InChI is InChI=1S/C24H29NO3/c1-6-17-15-18(7-2)23(28-8-3)21(16-17)13-14-22(26)19-9-11-20(12-10-19)24(27)25(4)5/h9-16H,6-8H2,1-5H3. The molecule has 0 aliphatic heterocycles. The van der Waals surface area contributed by atoms with Gasteiger partial charge in [0, 0.05) is 30.8 Å². The van der Waals surface area contributed by atoms with Crippen LogP contribution in [0.25, 0.3) is 6.08 Å². The van der Waals surface area contributed by atoms with E-state index in [2.05, 4.69) is 26.0 Å². The van der Waals surface area contributed by atoms with Crippen LogP contribution in [0.5, 0.6) is 5.75 Å². The molecule has 0 heterocycles. The molecule has 0 bridgehead atoms. The fraction of sp³-hybridized carbons (Fsp3) is 0.333. The summed E-state index contributed by atoms with van der Waals surface area (Å²) in [5.41, 5.74) is 4.41. The summed E-state index contributed by atoms with van der Waals surface area (Å²) in [4.78, 5) is 26.1. The molecule has 0 aliphatic rings. The van der Waals surface area contributed by atoms with E-state index in [-0.39, 0.29) is 11.7 Å². The Kier molecular flexibility index (Phi) is 7.56. The lowest BCUT2D eigenvalue weighted by Gasteiger charge is -2.14. The molecule has 4 heteroatoms. The maximum atomic E-state index is 12.6. The van der Waals surface area contributed by atoms with E-state index in [1.54, 1.807) is 44.4 Å². The van der Waals surface area contributed by atoms with Crippen LogP contribution in [0.3, 0.4) is 0 Å². The van der Waals surface area contributed by atoms with Crippen LogP contribution in [-0.4, -0.2) is 37.3 Å². The summed E-state index contributed by atoms with van der Waals surface area (Å²) in [6.45, 7) is 6.76. The Morgan fingerprint density at radius 1 is 0.964 bits per heavy atom. The first-order valence-electron chi connectivity index (χ1n) is 9.73. The first kappa shape index (κ1) is 21.4. The fourth-order valence-corrected chi connectivity index (χ4v) is 2.99. The van der Waals surface area contributed by atoms with Gasteiger partial charge in [-0.2, -0.15) is 0 Å². The third kappa shape index (κ3) is 5.10. The molecule has 0 spiro atoms. The number of nitrogens with zero attached hydrogens (tertiary/aromatic N) is 1. The van der Waals surface area contributed by atoms with Gasteiger partial charge < -0.3 is 9.64 Å². The van der Waals surface area contributed by atoms with Crippen molar-refractivity contribution in [3.05, 3.63) is 70.3 Å². The van der Waals surface area contributed by atoms with Crippen LogP contribution in [0.2, 0.25) is 0 Å². The smallest absolute Gasteiger partial charge is 0.253 e. The van der Waals surface area contributed by atoms with Crippen molar-refractivity contribution < 1.29 is 14.3 Å². The van der Waals surface area contributed by atoms with Gasteiger partial charge in [-0.1, -0.05) is 32.0 Å². The van der Waals surface area contributed by atoms with E-state index in [1.165, 1.54) is 10.5 Å². The number of amides is 1. The lowest BCUT2D eigenvalue weighted by Crippen LogP contribution is -2.21. The Balaban J connectivity index is 2.29. The summed E-state index contributed by atoms with van der Waals surface area (Å²) in [6, 6.07) is 11.0. The quantitative estimate of drug-likeness (QED) is 0.488. The third-order valence-corrected chi connectivity index (χ3v) is 4.57. The highest BCUT2D eigenvalue weighted by Gasteiger charge is 2.11. The molecule has 0 saturated heterocycles. The number of ketones is 1. The summed E-state index contributed by atoms with van der Waals surface area (Å²) in [5.74, 6) is 0.656. The normalized spacial score (nSPS) is 10.9. The molecular weight excluding hydrogens is 350 g/mol. The molecule has 0 unspecified atom stereocenters. The fourth-order valence-electron chi connectivity index (χ4n) is 2.99. The molecule has 2 aromatic rings. The van der Waals surface area contributed by atoms with Crippen molar-refractivity contribution in [2.24, 2.45) is 0 Å². The highest BCUT2D eigenvalue weighted by atomic mass is 16.5. The van der Waals surface area contributed by atoms with E-state index in [4.69, 9.17) is 4.74 Å². The van der Waals surface area contributed by atoms with Crippen LogP contribution in [0, 0.1) is 0 Å². The summed E-state index contributed by atoms with van der Waals surface area (Å²) in [5, 5.41) is 0. The summed E-state index contributed by atoms with van der Waals surface area (Å²) in [6.07, 6.45) is 5.19. The lowest BCUT2D eigenvalue weighted by molar-refractivity contribution is 0.0827. The number of allylic oxidation sites excluding steroid dienone is 1. The largest absolute Gasteiger partial charge is 0.493 e. The van der Waals surface area contributed by atoms with Crippen molar-refractivity contribution in [3.8, 4) is 5.75 Å². The van der Waals surface area contributed by atoms with Crippen LogP contribution in [-0.2, 0) is 12.8 Å². The van der Waals surface area contributed by atoms with E-state index in [0.29, 0.717) is 17.7 Å². The molecule has 2 rings (SSSR count). The molecule has 0 aromatic heterocycles. The van der Waals surface area contributed by atoms with Crippen LogP contribution < -0.4 is 4.74 Å². The minimum Gasteiger partial charge on any atom is -0.493 e. The number of ether oxygens (including phenoxy) is 1. The molecule has 0 fully saturated rings. The number of carbonyl (C=O) groups excluding carboxylic acids is 2. The molecule has 1 amide bonds. The van der Waals surface area contributed by atoms with Crippen LogP contribution in [0.4, 0.5) is 0 Å². The second kappa shape index (κ2) is 9.88. The Morgan fingerprint density at radius 2 is 1.61 bits per heavy atom. The van der Waals surface area contributed by atoms with Crippen LogP contribution in [0.15, 0.2) is 42.5 Å². The Hall–Kier alpha value is -2.88. The molecular formula is C24H29NO3. The van der Waals surface area contributed by atoms with Crippen molar-refractivity contribution >= 4 is 17.8 Å². The molecule has 28 heavy (non-hydrogen) atoms. The van der Waals surface area contributed by atoms with Gasteiger partial charge in [0.2, 0.25) is 0 Å². The second-order valence-electron chi connectivity index (χ2n) is 6.79. The summed E-state index contributed by atoms with van der Waals surface area (Å²) in [7, 11) is 3.41. The Labute approximate surface area is 167 Å². The predicted molar refractivity (Wildman–Crippen MR) is 114 cm³/mol. The van der Waals surface area contributed by atoms with Gasteiger partial charge >= 0.3 is 0 Å². The van der Waals surface area contributed by atoms with Crippen molar-refractivity contribution in [2.75, 3.05) is 20.7 Å². The topological polar surface area (TPSA) is 46.6 Å². The molecule has 148 valence electrons. The maximum absolute atomic E-state index is 12.6. The van der Waals surface area contributed by atoms with Crippen molar-refractivity contribution in [1.29, 1.82) is 0 Å². The zero-order valence-corrected chi connectivity index (χ0v) is 17.4. The van der Waals surface area contributed by atoms with Crippen molar-refractivity contribution in [3.63, 3.8) is 0 Å². The lowest BCUT2D eigenvalue weighted by atomic mass is 9.99. The van der Waals surface area contributed by atoms with E-state index in [1.807, 2.05) is 13.0 Å². The third-order valence-electron chi connectivity index (χ3n) is 4.57. The Bertz CT molecular complexity index is 864. The maximum Gasteiger partial charge on any atom is 0.253 e. The van der Waals surface area contributed by atoms with E-state index >= 15 is 0 Å². The van der Waals surface area contributed by atoms with E-state index in [0.717, 1.165) is 29.7 Å². The van der Waals surface area contributed by atoms with E-state index in [9.17, 15) is 9.59 Å². The van der Waals surface area contributed by atoms with Crippen LogP contribution >= 0.6 is 0 Å². The highest BCUT2D eigenvalue weighted by molar-refractivity contribution is 6.07. The zero-order chi connectivity index (χ0) is 20.7. The number of benzene rings is 2. The monoisotopic (exact) mass is 379 g/mol. The first-order valence-corrected chi connectivity index (χ1v) is 9.73. The molecule has 0 aliphatic carbocycles. The van der Waals surface area contributed by atoms with Gasteiger partial charge in [-0.15, -0.1) is 0 Å². The van der Waals surface area contributed by atoms with Crippen molar-refractivity contribution in [1.82, 2.24) is 4.90 Å².